The Bertz CT molecular complexity index is 781. The molecule has 0 saturated heterocycles. The topological polar surface area (TPSA) is 100 Å². The van der Waals surface area contributed by atoms with Gasteiger partial charge in [0.15, 0.2) is 6.73 Å². The van der Waals surface area contributed by atoms with Gasteiger partial charge in [0.2, 0.25) is 0 Å². The molecule has 0 N–H and O–H groups in total. The second kappa shape index (κ2) is 7.11. The highest BCUT2D eigenvalue weighted by Gasteiger charge is 2.06. The lowest BCUT2D eigenvalue weighted by Crippen LogP contribution is -2.26. The van der Waals surface area contributed by atoms with E-state index in [2.05, 4.69) is 15.0 Å². The molecule has 2 aromatic rings. The fourth-order valence-corrected chi connectivity index (χ4v) is 1.61. The number of aromatic nitrogens is 3. The van der Waals surface area contributed by atoms with Gasteiger partial charge in [0.25, 0.3) is 5.56 Å². The van der Waals surface area contributed by atoms with Crippen LogP contribution in [-0.2, 0) is 25.8 Å². The molecule has 0 atom stereocenters. The molecular formula is C14H13N3O5. The average molecular weight is 303 g/mol. The number of hydrogen-bond donors (Lipinski definition) is 0. The molecule has 1 aromatic carbocycles. The lowest BCUT2D eigenvalue weighted by Gasteiger charge is -2.04. The average Bonchev–Trinajstić information content (AvgIpc) is 2.53. The molecule has 0 unspecified atom stereocenters. The smallest absolute Gasteiger partial charge is 0.332 e. The van der Waals surface area contributed by atoms with Crippen molar-refractivity contribution in [3.63, 3.8) is 0 Å². The number of carbonyl (C=O) groups excluding carboxylic acids is 2. The molecule has 1 heterocycles. The van der Waals surface area contributed by atoms with Gasteiger partial charge in [0, 0.05) is 12.2 Å². The van der Waals surface area contributed by atoms with Crippen LogP contribution in [0.3, 0.4) is 0 Å². The van der Waals surface area contributed by atoms with E-state index in [9.17, 15) is 14.4 Å². The van der Waals surface area contributed by atoms with E-state index in [4.69, 9.17) is 4.74 Å². The van der Waals surface area contributed by atoms with Crippen molar-refractivity contribution < 1.29 is 19.1 Å². The molecule has 114 valence electrons. The Morgan fingerprint density at radius 1 is 1.18 bits per heavy atom. The molecule has 22 heavy (non-hydrogen) atoms. The molecule has 2 rings (SSSR count). The molecule has 0 aliphatic carbocycles. The van der Waals surface area contributed by atoms with Crippen molar-refractivity contribution in [1.82, 2.24) is 15.0 Å². The van der Waals surface area contributed by atoms with Gasteiger partial charge >= 0.3 is 11.9 Å². The van der Waals surface area contributed by atoms with Crippen molar-refractivity contribution in [2.45, 2.75) is 13.7 Å². The zero-order valence-electron chi connectivity index (χ0n) is 11.8. The van der Waals surface area contributed by atoms with Crippen molar-refractivity contribution in [2.75, 3.05) is 6.61 Å². The summed E-state index contributed by atoms with van der Waals surface area (Å²) in [6, 6.07) is 6.69. The molecule has 0 saturated carbocycles. The first kappa shape index (κ1) is 15.4. The Morgan fingerprint density at radius 2 is 1.86 bits per heavy atom. The molecule has 0 fully saturated rings. The molecule has 0 radical (unpaired) electrons. The highest BCUT2D eigenvalue weighted by Crippen LogP contribution is 2.03. The van der Waals surface area contributed by atoms with E-state index in [0.717, 1.165) is 16.8 Å². The summed E-state index contributed by atoms with van der Waals surface area (Å²) in [7, 11) is 0. The molecule has 0 amide bonds. The number of fused-ring (bicyclic) bond motifs is 1. The normalized spacial score (nSPS) is 10.8. The maximum absolute atomic E-state index is 12.1. The lowest BCUT2D eigenvalue weighted by molar-refractivity contribution is -0.143. The Kier molecular flexibility index (Phi) is 4.97. The maximum atomic E-state index is 12.1. The molecule has 8 nitrogen and oxygen atoms in total. The van der Waals surface area contributed by atoms with Crippen LogP contribution in [0.15, 0.2) is 41.2 Å². The Labute approximate surface area is 124 Å². The van der Waals surface area contributed by atoms with E-state index in [1.165, 1.54) is 0 Å². The Morgan fingerprint density at radius 3 is 2.59 bits per heavy atom. The van der Waals surface area contributed by atoms with Crippen LogP contribution in [0.5, 0.6) is 0 Å². The Hall–Kier alpha value is -3.03. The monoisotopic (exact) mass is 303 g/mol. The predicted octanol–water partition coefficient (Wildman–Crippen LogP) is 0.411. The molecule has 0 aliphatic heterocycles. The second-order valence-electron chi connectivity index (χ2n) is 4.09. The number of nitrogens with zero attached hydrogens (tertiary/aromatic N) is 3. The molecule has 1 aromatic heterocycles. The molecular weight excluding hydrogens is 290 g/mol. The minimum Gasteiger partial charge on any atom is -0.463 e. The van der Waals surface area contributed by atoms with Gasteiger partial charge in [0.1, 0.15) is 5.52 Å². The second-order valence-corrected chi connectivity index (χ2v) is 4.09. The van der Waals surface area contributed by atoms with Crippen LogP contribution in [0.4, 0.5) is 0 Å². The van der Waals surface area contributed by atoms with Gasteiger partial charge < -0.3 is 9.47 Å². The van der Waals surface area contributed by atoms with Gasteiger partial charge in [-0.1, -0.05) is 17.3 Å². The van der Waals surface area contributed by atoms with Gasteiger partial charge in [0.05, 0.1) is 12.0 Å². The van der Waals surface area contributed by atoms with Crippen molar-refractivity contribution in [1.29, 1.82) is 0 Å². The first-order valence-electron chi connectivity index (χ1n) is 6.46. The summed E-state index contributed by atoms with van der Waals surface area (Å²) >= 11 is 0. The van der Waals surface area contributed by atoms with Gasteiger partial charge in [-0.05, 0) is 19.1 Å². The number of benzene rings is 1. The van der Waals surface area contributed by atoms with Crippen molar-refractivity contribution in [2.24, 2.45) is 0 Å². The third-order valence-corrected chi connectivity index (χ3v) is 2.60. The van der Waals surface area contributed by atoms with E-state index in [1.807, 2.05) is 0 Å². The number of rotatable bonds is 5. The standard InChI is InChI=1S/C14H13N3O5/c1-2-21-12(18)7-8-13(19)22-9-17-14(20)10-5-3-4-6-11(10)15-16-17/h3-8H,2,9H2,1H3. The maximum Gasteiger partial charge on any atom is 0.332 e. The van der Waals surface area contributed by atoms with Gasteiger partial charge in [-0.15, -0.1) is 5.10 Å². The van der Waals surface area contributed by atoms with Crippen LogP contribution in [-0.4, -0.2) is 33.5 Å². The van der Waals surface area contributed by atoms with Crippen LogP contribution in [0.1, 0.15) is 6.92 Å². The van der Waals surface area contributed by atoms with Crippen LogP contribution in [0, 0.1) is 0 Å². The van der Waals surface area contributed by atoms with Crippen LogP contribution in [0.2, 0.25) is 0 Å². The summed E-state index contributed by atoms with van der Waals surface area (Å²) in [5, 5.41) is 7.88. The summed E-state index contributed by atoms with van der Waals surface area (Å²) in [4.78, 5) is 34.5. The minimum atomic E-state index is -0.796. The van der Waals surface area contributed by atoms with E-state index >= 15 is 0 Å². The van der Waals surface area contributed by atoms with E-state index < -0.39 is 24.2 Å². The van der Waals surface area contributed by atoms with Gasteiger partial charge in [-0.2, -0.15) is 4.68 Å². The van der Waals surface area contributed by atoms with Crippen molar-refractivity contribution in [3.05, 3.63) is 46.8 Å². The molecule has 0 bridgehead atoms. The fraction of sp³-hybridized carbons (Fsp3) is 0.214. The molecule has 0 spiro atoms. The summed E-state index contributed by atoms with van der Waals surface area (Å²) < 4.78 is 10.3. The minimum absolute atomic E-state index is 0.209. The fourth-order valence-electron chi connectivity index (χ4n) is 1.61. The summed E-state index contributed by atoms with van der Waals surface area (Å²) in [5.41, 5.74) is 0.0325. The first-order valence-corrected chi connectivity index (χ1v) is 6.46. The number of ether oxygens (including phenoxy) is 2. The summed E-state index contributed by atoms with van der Waals surface area (Å²) in [5.74, 6) is -1.45. The zero-order valence-corrected chi connectivity index (χ0v) is 11.8. The number of esters is 2. The van der Waals surface area contributed by atoms with E-state index in [0.29, 0.717) is 10.9 Å². The SMILES string of the molecule is CCOC(=O)C=CC(=O)OCn1nnc2ccccc2c1=O. The van der Waals surface area contributed by atoms with Gasteiger partial charge in [-0.25, -0.2) is 9.59 Å². The molecule has 0 aliphatic rings. The highest BCUT2D eigenvalue weighted by atomic mass is 16.5. The third kappa shape index (κ3) is 3.75. The Balaban J connectivity index is 2.03. The molecule has 8 heteroatoms. The first-order chi connectivity index (χ1) is 10.6. The highest BCUT2D eigenvalue weighted by molar-refractivity contribution is 5.91. The summed E-state index contributed by atoms with van der Waals surface area (Å²) in [6.07, 6.45) is 1.86. The quantitative estimate of drug-likeness (QED) is 0.582. The van der Waals surface area contributed by atoms with Crippen molar-refractivity contribution >= 4 is 22.8 Å². The number of carbonyl (C=O) groups is 2. The number of hydrogen-bond acceptors (Lipinski definition) is 7. The lowest BCUT2D eigenvalue weighted by atomic mass is 10.2. The van der Waals surface area contributed by atoms with Crippen LogP contribution in [0.25, 0.3) is 10.9 Å². The van der Waals surface area contributed by atoms with Crippen LogP contribution < -0.4 is 5.56 Å². The van der Waals surface area contributed by atoms with E-state index in [1.54, 1.807) is 31.2 Å². The largest absolute Gasteiger partial charge is 0.463 e. The summed E-state index contributed by atoms with van der Waals surface area (Å²) in [6.45, 7) is 1.46. The third-order valence-electron chi connectivity index (χ3n) is 2.60. The zero-order chi connectivity index (χ0) is 15.9. The van der Waals surface area contributed by atoms with Crippen molar-refractivity contribution in [3.8, 4) is 0 Å². The van der Waals surface area contributed by atoms with E-state index in [-0.39, 0.29) is 6.61 Å². The van der Waals surface area contributed by atoms with Gasteiger partial charge in [-0.3, -0.25) is 4.79 Å². The predicted molar refractivity (Wildman–Crippen MR) is 75.7 cm³/mol. The van der Waals surface area contributed by atoms with Crippen LogP contribution >= 0.6 is 0 Å².